The standard InChI is InChI=1S/C23H27Cl3N2O2S/c1-4-15(2)27-23(30)16(3)28(12-17-6-5-7-19(24)10-17)22(29)14-31-13-18-8-9-20(25)21(26)11-18/h5-11,15-16H,4,12-14H2,1-3H3,(H,27,30)/t15-,16-/m1/s1. The lowest BCUT2D eigenvalue weighted by Crippen LogP contribution is -2.50. The summed E-state index contributed by atoms with van der Waals surface area (Å²) < 4.78 is 0. The van der Waals surface area contributed by atoms with Crippen molar-refractivity contribution in [3.63, 3.8) is 0 Å². The minimum absolute atomic E-state index is 0.0436. The lowest BCUT2D eigenvalue weighted by molar-refractivity contribution is -0.138. The number of amides is 2. The van der Waals surface area contributed by atoms with Gasteiger partial charge in [-0.1, -0.05) is 59.9 Å². The SMILES string of the molecule is CC[C@@H](C)NC(=O)[C@@H](C)N(Cc1cccc(Cl)c1)C(=O)CSCc1ccc(Cl)c(Cl)c1. The molecular weight excluding hydrogens is 475 g/mol. The zero-order valence-corrected chi connectivity index (χ0v) is 20.9. The Morgan fingerprint density at radius 3 is 2.42 bits per heavy atom. The number of hydrogen-bond acceptors (Lipinski definition) is 3. The van der Waals surface area contributed by atoms with Crippen LogP contribution in [0.4, 0.5) is 0 Å². The predicted molar refractivity (Wildman–Crippen MR) is 132 cm³/mol. The molecule has 0 unspecified atom stereocenters. The third-order valence-electron chi connectivity index (χ3n) is 4.89. The Morgan fingerprint density at radius 2 is 1.77 bits per heavy atom. The number of carbonyl (C=O) groups is 2. The molecule has 0 fully saturated rings. The second-order valence-corrected chi connectivity index (χ2v) is 9.62. The average molecular weight is 502 g/mol. The topological polar surface area (TPSA) is 49.4 Å². The van der Waals surface area contributed by atoms with Crippen molar-refractivity contribution in [3.05, 3.63) is 68.7 Å². The first-order chi connectivity index (χ1) is 14.7. The van der Waals surface area contributed by atoms with E-state index in [1.165, 1.54) is 11.8 Å². The molecule has 0 saturated heterocycles. The molecule has 4 nitrogen and oxygen atoms in total. The summed E-state index contributed by atoms with van der Waals surface area (Å²) in [4.78, 5) is 27.4. The number of thioether (sulfide) groups is 1. The van der Waals surface area contributed by atoms with Gasteiger partial charge in [0.1, 0.15) is 6.04 Å². The molecule has 2 aromatic rings. The number of carbonyl (C=O) groups excluding carboxylic acids is 2. The Hall–Kier alpha value is -1.40. The first kappa shape index (κ1) is 25.9. The fraction of sp³-hybridized carbons (Fsp3) is 0.391. The van der Waals surface area contributed by atoms with Crippen LogP contribution in [0.5, 0.6) is 0 Å². The van der Waals surface area contributed by atoms with Crippen LogP contribution in [0.2, 0.25) is 15.1 Å². The number of benzene rings is 2. The fourth-order valence-electron chi connectivity index (χ4n) is 2.85. The molecule has 31 heavy (non-hydrogen) atoms. The van der Waals surface area contributed by atoms with Crippen LogP contribution in [0.1, 0.15) is 38.3 Å². The van der Waals surface area contributed by atoms with Crippen LogP contribution in [0.3, 0.4) is 0 Å². The Bertz CT molecular complexity index is 910. The van der Waals surface area contributed by atoms with Gasteiger partial charge in [0.15, 0.2) is 0 Å². The van der Waals surface area contributed by atoms with E-state index in [0.29, 0.717) is 27.4 Å². The van der Waals surface area contributed by atoms with Gasteiger partial charge in [0.05, 0.1) is 15.8 Å². The highest BCUT2D eigenvalue weighted by molar-refractivity contribution is 7.99. The first-order valence-electron chi connectivity index (χ1n) is 10.1. The molecule has 0 saturated carbocycles. The molecule has 2 aromatic carbocycles. The third-order valence-corrected chi connectivity index (χ3v) is 6.85. The summed E-state index contributed by atoms with van der Waals surface area (Å²) >= 11 is 19.6. The number of rotatable bonds is 10. The largest absolute Gasteiger partial charge is 0.352 e. The molecule has 0 spiro atoms. The molecule has 1 N–H and O–H groups in total. The van der Waals surface area contributed by atoms with E-state index in [2.05, 4.69) is 5.32 Å². The van der Waals surface area contributed by atoms with Crippen molar-refractivity contribution < 1.29 is 9.59 Å². The van der Waals surface area contributed by atoms with E-state index in [9.17, 15) is 9.59 Å². The van der Waals surface area contributed by atoms with Crippen LogP contribution in [-0.4, -0.2) is 34.6 Å². The molecular formula is C23H27Cl3N2O2S. The number of nitrogens with one attached hydrogen (secondary N) is 1. The zero-order chi connectivity index (χ0) is 23.0. The molecule has 8 heteroatoms. The molecule has 2 amide bonds. The van der Waals surface area contributed by atoms with Crippen LogP contribution in [0, 0.1) is 0 Å². The second-order valence-electron chi connectivity index (χ2n) is 7.39. The molecule has 2 atom stereocenters. The maximum atomic E-state index is 13.1. The fourth-order valence-corrected chi connectivity index (χ4v) is 4.24. The van der Waals surface area contributed by atoms with E-state index < -0.39 is 6.04 Å². The van der Waals surface area contributed by atoms with E-state index in [0.717, 1.165) is 17.5 Å². The summed E-state index contributed by atoms with van der Waals surface area (Å²) in [5.74, 6) is 0.569. The molecule has 0 aromatic heterocycles. The summed E-state index contributed by atoms with van der Waals surface area (Å²) in [6.07, 6.45) is 0.820. The van der Waals surface area contributed by atoms with Gasteiger partial charge in [-0.05, 0) is 55.7 Å². The zero-order valence-electron chi connectivity index (χ0n) is 17.8. The average Bonchev–Trinajstić information content (AvgIpc) is 2.73. The van der Waals surface area contributed by atoms with Gasteiger partial charge in [0.2, 0.25) is 11.8 Å². The molecule has 168 valence electrons. The van der Waals surface area contributed by atoms with Crippen molar-refractivity contribution in [2.45, 2.75) is 51.6 Å². The maximum Gasteiger partial charge on any atom is 0.242 e. The van der Waals surface area contributed by atoms with Crippen LogP contribution < -0.4 is 5.32 Å². The predicted octanol–water partition coefficient (Wildman–Crippen LogP) is 6.21. The second kappa shape index (κ2) is 12.6. The van der Waals surface area contributed by atoms with Crippen LogP contribution in [0.25, 0.3) is 0 Å². The Labute approximate surface area is 203 Å². The molecule has 0 radical (unpaired) electrons. The van der Waals surface area contributed by atoms with Crippen molar-refractivity contribution in [2.75, 3.05) is 5.75 Å². The van der Waals surface area contributed by atoms with E-state index in [1.807, 2.05) is 38.1 Å². The van der Waals surface area contributed by atoms with Crippen molar-refractivity contribution >= 4 is 58.4 Å². The minimum atomic E-state index is -0.606. The summed E-state index contributed by atoms with van der Waals surface area (Å²) in [7, 11) is 0. The van der Waals surface area contributed by atoms with Crippen molar-refractivity contribution in [1.29, 1.82) is 0 Å². The summed E-state index contributed by atoms with van der Waals surface area (Å²) in [6.45, 7) is 6.01. The van der Waals surface area contributed by atoms with Gasteiger partial charge in [-0.2, -0.15) is 0 Å². The quantitative estimate of drug-likeness (QED) is 0.421. The normalized spacial score (nSPS) is 12.8. The smallest absolute Gasteiger partial charge is 0.242 e. The van der Waals surface area contributed by atoms with Gasteiger partial charge in [0.25, 0.3) is 0 Å². The maximum absolute atomic E-state index is 13.1. The van der Waals surface area contributed by atoms with Gasteiger partial charge in [-0.15, -0.1) is 11.8 Å². The third kappa shape index (κ3) is 8.23. The lowest BCUT2D eigenvalue weighted by Gasteiger charge is -2.29. The highest BCUT2D eigenvalue weighted by Gasteiger charge is 2.26. The Morgan fingerprint density at radius 1 is 1.03 bits per heavy atom. The number of halogens is 3. The summed E-state index contributed by atoms with van der Waals surface area (Å²) in [5, 5.41) is 4.55. The van der Waals surface area contributed by atoms with Crippen molar-refractivity contribution in [3.8, 4) is 0 Å². The van der Waals surface area contributed by atoms with E-state index in [1.54, 1.807) is 30.0 Å². The van der Waals surface area contributed by atoms with Gasteiger partial charge >= 0.3 is 0 Å². The van der Waals surface area contributed by atoms with Crippen LogP contribution in [0.15, 0.2) is 42.5 Å². The number of nitrogens with zero attached hydrogens (tertiary/aromatic N) is 1. The van der Waals surface area contributed by atoms with E-state index in [-0.39, 0.29) is 23.6 Å². The first-order valence-corrected chi connectivity index (χ1v) is 12.4. The highest BCUT2D eigenvalue weighted by atomic mass is 35.5. The van der Waals surface area contributed by atoms with Gasteiger partial charge in [-0.3, -0.25) is 9.59 Å². The van der Waals surface area contributed by atoms with Crippen LogP contribution >= 0.6 is 46.6 Å². The molecule has 0 heterocycles. The summed E-state index contributed by atoms with van der Waals surface area (Å²) in [6, 6.07) is 12.2. The monoisotopic (exact) mass is 500 g/mol. The Balaban J connectivity index is 2.08. The molecule has 0 bridgehead atoms. The molecule has 0 aliphatic rings. The molecule has 0 aliphatic carbocycles. The number of hydrogen-bond donors (Lipinski definition) is 1. The molecule has 0 aliphatic heterocycles. The van der Waals surface area contributed by atoms with E-state index >= 15 is 0 Å². The van der Waals surface area contributed by atoms with Crippen molar-refractivity contribution in [2.24, 2.45) is 0 Å². The van der Waals surface area contributed by atoms with Crippen LogP contribution in [-0.2, 0) is 21.9 Å². The Kier molecular flexibility index (Phi) is 10.5. The summed E-state index contributed by atoms with van der Waals surface area (Å²) in [5.41, 5.74) is 1.86. The van der Waals surface area contributed by atoms with Gasteiger partial charge in [0, 0.05) is 23.4 Å². The van der Waals surface area contributed by atoms with E-state index in [4.69, 9.17) is 34.8 Å². The van der Waals surface area contributed by atoms with Gasteiger partial charge < -0.3 is 10.2 Å². The highest BCUT2D eigenvalue weighted by Crippen LogP contribution is 2.25. The minimum Gasteiger partial charge on any atom is -0.352 e. The van der Waals surface area contributed by atoms with Gasteiger partial charge in [-0.25, -0.2) is 0 Å². The van der Waals surface area contributed by atoms with Crippen molar-refractivity contribution in [1.82, 2.24) is 10.2 Å². The molecule has 2 rings (SSSR count). The lowest BCUT2D eigenvalue weighted by atomic mass is 10.1.